The summed E-state index contributed by atoms with van der Waals surface area (Å²) in [5, 5.41) is 6.96. The first-order chi connectivity index (χ1) is 8.33. The Morgan fingerprint density at radius 1 is 1.41 bits per heavy atom. The van der Waals surface area contributed by atoms with Crippen LogP contribution in [0.5, 0.6) is 0 Å². The molecule has 3 rings (SSSR count). The molecule has 1 aliphatic heterocycles. The van der Waals surface area contributed by atoms with Crippen LogP contribution in [0, 0.1) is 6.92 Å². The van der Waals surface area contributed by atoms with Gasteiger partial charge in [-0.3, -0.25) is 0 Å². The van der Waals surface area contributed by atoms with Crippen molar-refractivity contribution in [3.05, 3.63) is 27.4 Å². The van der Waals surface area contributed by atoms with E-state index in [9.17, 15) is 0 Å². The summed E-state index contributed by atoms with van der Waals surface area (Å²) in [5.74, 6) is 0.628. The summed E-state index contributed by atoms with van der Waals surface area (Å²) in [6.45, 7) is 4.40. The summed E-state index contributed by atoms with van der Waals surface area (Å²) in [6.07, 6.45) is 2.56. The number of aromatic nitrogens is 1. The number of thiazole rings is 1. The van der Waals surface area contributed by atoms with Gasteiger partial charge < -0.3 is 5.32 Å². The first kappa shape index (κ1) is 11.4. The second-order valence-electron chi connectivity index (χ2n) is 4.52. The van der Waals surface area contributed by atoms with Crippen LogP contribution in [-0.4, -0.2) is 18.1 Å². The highest BCUT2D eigenvalue weighted by Gasteiger charge is 2.18. The minimum Gasteiger partial charge on any atom is -0.316 e. The zero-order valence-corrected chi connectivity index (χ0v) is 11.5. The van der Waals surface area contributed by atoms with Crippen LogP contribution < -0.4 is 5.32 Å². The number of hydrogen-bond acceptors (Lipinski definition) is 4. The summed E-state index contributed by atoms with van der Waals surface area (Å²) < 4.78 is 0. The molecule has 2 aromatic rings. The molecule has 90 valence electrons. The fourth-order valence-corrected chi connectivity index (χ4v) is 4.08. The van der Waals surface area contributed by atoms with E-state index in [1.807, 2.05) is 22.7 Å². The fourth-order valence-electron chi connectivity index (χ4n) is 2.22. The van der Waals surface area contributed by atoms with Gasteiger partial charge in [0.05, 0.1) is 15.6 Å². The molecule has 0 saturated carbocycles. The molecular weight excluding hydrogens is 248 g/mol. The van der Waals surface area contributed by atoms with Crippen molar-refractivity contribution in [2.75, 3.05) is 13.1 Å². The van der Waals surface area contributed by atoms with Crippen LogP contribution in [0.15, 0.2) is 17.5 Å². The molecule has 0 amide bonds. The van der Waals surface area contributed by atoms with E-state index in [4.69, 9.17) is 4.98 Å². The van der Waals surface area contributed by atoms with Gasteiger partial charge in [0.1, 0.15) is 0 Å². The number of hydrogen-bond donors (Lipinski definition) is 1. The molecule has 0 bridgehead atoms. The predicted molar refractivity (Wildman–Crippen MR) is 75.0 cm³/mol. The molecule has 0 aliphatic carbocycles. The van der Waals surface area contributed by atoms with Crippen LogP contribution in [0.2, 0.25) is 0 Å². The first-order valence-electron chi connectivity index (χ1n) is 6.06. The van der Waals surface area contributed by atoms with Crippen LogP contribution in [0.3, 0.4) is 0 Å². The van der Waals surface area contributed by atoms with Gasteiger partial charge in [0.25, 0.3) is 0 Å². The third kappa shape index (κ3) is 2.44. The molecule has 1 unspecified atom stereocenters. The van der Waals surface area contributed by atoms with E-state index < -0.39 is 0 Å². The lowest BCUT2D eigenvalue weighted by Gasteiger charge is -2.20. The van der Waals surface area contributed by atoms with Crippen LogP contribution in [-0.2, 0) is 0 Å². The van der Waals surface area contributed by atoms with E-state index in [1.54, 1.807) is 0 Å². The molecule has 0 radical (unpaired) electrons. The Kier molecular flexibility index (Phi) is 3.27. The minimum atomic E-state index is 0.628. The molecule has 4 heteroatoms. The van der Waals surface area contributed by atoms with Crippen molar-refractivity contribution in [1.29, 1.82) is 0 Å². The molecule has 3 heterocycles. The predicted octanol–water partition coefficient (Wildman–Crippen LogP) is 3.65. The monoisotopic (exact) mass is 264 g/mol. The lowest BCUT2D eigenvalue weighted by Crippen LogP contribution is -2.28. The highest BCUT2D eigenvalue weighted by atomic mass is 32.1. The summed E-state index contributed by atoms with van der Waals surface area (Å²) in [6, 6.07) is 4.35. The maximum atomic E-state index is 4.81. The number of nitrogens with one attached hydrogen (secondary N) is 1. The molecule has 1 saturated heterocycles. The van der Waals surface area contributed by atoms with Crippen molar-refractivity contribution >= 4 is 22.7 Å². The third-order valence-corrected chi connectivity index (χ3v) is 5.19. The first-order valence-corrected chi connectivity index (χ1v) is 7.75. The van der Waals surface area contributed by atoms with Gasteiger partial charge >= 0.3 is 0 Å². The summed E-state index contributed by atoms with van der Waals surface area (Å²) in [7, 11) is 0. The van der Waals surface area contributed by atoms with E-state index in [-0.39, 0.29) is 0 Å². The molecular formula is C13H16N2S2. The van der Waals surface area contributed by atoms with Gasteiger partial charge in [-0.05, 0) is 38.4 Å². The highest BCUT2D eigenvalue weighted by Crippen LogP contribution is 2.32. The maximum absolute atomic E-state index is 4.81. The Labute approximate surface area is 110 Å². The molecule has 2 aromatic heterocycles. The molecule has 2 nitrogen and oxygen atoms in total. The highest BCUT2D eigenvalue weighted by molar-refractivity contribution is 7.16. The van der Waals surface area contributed by atoms with Gasteiger partial charge in [-0.15, -0.1) is 22.7 Å². The molecule has 1 aliphatic rings. The van der Waals surface area contributed by atoms with Gasteiger partial charge in [-0.2, -0.15) is 0 Å². The number of aryl methyl sites for hydroxylation is 1. The number of piperidine rings is 1. The molecule has 1 atom stereocenters. The van der Waals surface area contributed by atoms with Crippen molar-refractivity contribution in [1.82, 2.24) is 10.3 Å². The van der Waals surface area contributed by atoms with E-state index in [0.717, 1.165) is 12.2 Å². The Hall–Kier alpha value is -0.710. The second kappa shape index (κ2) is 4.88. The number of thiophene rings is 1. The van der Waals surface area contributed by atoms with Gasteiger partial charge in [0.2, 0.25) is 0 Å². The Balaban J connectivity index is 1.82. The number of rotatable bonds is 2. The van der Waals surface area contributed by atoms with Gasteiger partial charge in [-0.25, -0.2) is 4.98 Å². The van der Waals surface area contributed by atoms with Crippen LogP contribution >= 0.6 is 22.7 Å². The third-order valence-electron chi connectivity index (χ3n) is 3.16. The van der Waals surface area contributed by atoms with E-state index >= 15 is 0 Å². The summed E-state index contributed by atoms with van der Waals surface area (Å²) in [4.78, 5) is 7.46. The normalized spacial score (nSPS) is 20.6. The quantitative estimate of drug-likeness (QED) is 0.895. The molecule has 1 fully saturated rings. The Morgan fingerprint density at radius 3 is 3.06 bits per heavy atom. The van der Waals surface area contributed by atoms with Crippen molar-refractivity contribution in [3.8, 4) is 10.6 Å². The van der Waals surface area contributed by atoms with Crippen molar-refractivity contribution < 1.29 is 0 Å². The van der Waals surface area contributed by atoms with E-state index in [1.165, 1.54) is 34.1 Å². The Morgan fingerprint density at radius 2 is 2.35 bits per heavy atom. The summed E-state index contributed by atoms with van der Waals surface area (Å²) >= 11 is 3.65. The topological polar surface area (TPSA) is 24.9 Å². The van der Waals surface area contributed by atoms with Crippen LogP contribution in [0.25, 0.3) is 10.6 Å². The molecule has 1 N–H and O–H groups in total. The van der Waals surface area contributed by atoms with Gasteiger partial charge in [-0.1, -0.05) is 0 Å². The second-order valence-corrected chi connectivity index (χ2v) is 6.70. The van der Waals surface area contributed by atoms with Gasteiger partial charge in [0, 0.05) is 22.7 Å². The lowest BCUT2D eigenvalue weighted by molar-refractivity contribution is 0.460. The van der Waals surface area contributed by atoms with Crippen LogP contribution in [0.1, 0.15) is 28.6 Å². The van der Waals surface area contributed by atoms with E-state index in [0.29, 0.717) is 5.92 Å². The lowest BCUT2D eigenvalue weighted by atomic mass is 10.0. The molecule has 0 aromatic carbocycles. The zero-order chi connectivity index (χ0) is 11.7. The molecule has 0 spiro atoms. The van der Waals surface area contributed by atoms with Crippen molar-refractivity contribution in [3.63, 3.8) is 0 Å². The average molecular weight is 264 g/mol. The minimum absolute atomic E-state index is 0.628. The fraction of sp³-hybridized carbons (Fsp3) is 0.462. The standard InChI is InChI=1S/C13H16N2S2/c1-9-4-5-12(17-9)11-8-16-13(15-11)10-3-2-6-14-7-10/h4-5,8,10,14H,2-3,6-7H2,1H3. The van der Waals surface area contributed by atoms with E-state index in [2.05, 4.69) is 29.8 Å². The molecule has 17 heavy (non-hydrogen) atoms. The Bertz CT molecular complexity index is 495. The van der Waals surface area contributed by atoms with Crippen molar-refractivity contribution in [2.24, 2.45) is 0 Å². The average Bonchev–Trinajstić information content (AvgIpc) is 2.98. The zero-order valence-electron chi connectivity index (χ0n) is 9.90. The summed E-state index contributed by atoms with van der Waals surface area (Å²) in [5.41, 5.74) is 1.16. The maximum Gasteiger partial charge on any atom is 0.0976 e. The van der Waals surface area contributed by atoms with Crippen molar-refractivity contribution in [2.45, 2.75) is 25.7 Å². The van der Waals surface area contributed by atoms with Gasteiger partial charge in [0.15, 0.2) is 0 Å². The number of nitrogens with zero attached hydrogens (tertiary/aromatic N) is 1. The smallest absolute Gasteiger partial charge is 0.0976 e. The van der Waals surface area contributed by atoms with Crippen LogP contribution in [0.4, 0.5) is 0 Å². The largest absolute Gasteiger partial charge is 0.316 e. The SMILES string of the molecule is Cc1ccc(-c2csc(C3CCCNC3)n2)s1.